The van der Waals surface area contributed by atoms with Gasteiger partial charge in [0.2, 0.25) is 0 Å². The van der Waals surface area contributed by atoms with Crippen LogP contribution in [0, 0.1) is 6.92 Å². The summed E-state index contributed by atoms with van der Waals surface area (Å²) in [5.74, 6) is 2.34. The van der Waals surface area contributed by atoms with E-state index in [1.165, 1.54) is 4.88 Å². The van der Waals surface area contributed by atoms with Crippen LogP contribution in [0.15, 0.2) is 35.5 Å². The van der Waals surface area contributed by atoms with Crippen molar-refractivity contribution < 1.29 is 9.47 Å². The first-order valence-electron chi connectivity index (χ1n) is 8.06. The summed E-state index contributed by atoms with van der Waals surface area (Å²) in [7, 11) is 0. The molecule has 0 bridgehead atoms. The normalized spacial score (nSPS) is 16.8. The van der Waals surface area contributed by atoms with Crippen molar-refractivity contribution in [3.8, 4) is 11.5 Å². The molecule has 1 aliphatic heterocycles. The molecule has 7 heteroatoms. The monoisotopic (exact) mass is 346 g/mol. The fourth-order valence-electron chi connectivity index (χ4n) is 2.34. The summed E-state index contributed by atoms with van der Waals surface area (Å²) >= 11 is 1.67. The number of thiazole rings is 1. The van der Waals surface area contributed by atoms with E-state index in [9.17, 15) is 0 Å². The number of nitrogens with one attached hydrogen (secondary N) is 2. The van der Waals surface area contributed by atoms with Crippen molar-refractivity contribution in [2.24, 2.45) is 4.99 Å². The van der Waals surface area contributed by atoms with Crippen LogP contribution in [0.1, 0.15) is 16.8 Å². The summed E-state index contributed by atoms with van der Waals surface area (Å²) < 4.78 is 11.7. The maximum Gasteiger partial charge on any atom is 0.191 e. The highest BCUT2D eigenvalue weighted by atomic mass is 32.1. The SMILES string of the molecule is CCNC(=NCc1ncc(C)s1)NCC1COc2ccccc2O1. The molecule has 2 N–H and O–H groups in total. The van der Waals surface area contributed by atoms with E-state index in [0.717, 1.165) is 29.0 Å². The molecule has 0 radical (unpaired) electrons. The standard InChI is InChI=1S/C17H22N4O2S/c1-3-18-17(21-10-16-19-8-12(2)24-16)20-9-13-11-22-14-6-4-5-7-15(14)23-13/h4-8,13H,3,9-11H2,1-2H3,(H2,18,20,21). The molecule has 2 heterocycles. The van der Waals surface area contributed by atoms with Crippen LogP contribution in [0.5, 0.6) is 11.5 Å². The summed E-state index contributed by atoms with van der Waals surface area (Å²) in [6.45, 7) is 6.60. The lowest BCUT2D eigenvalue weighted by Crippen LogP contribution is -2.45. The third kappa shape index (κ3) is 4.38. The molecule has 0 spiro atoms. The maximum absolute atomic E-state index is 5.95. The number of para-hydroxylation sites is 2. The number of aryl methyl sites for hydroxylation is 1. The van der Waals surface area contributed by atoms with Crippen LogP contribution < -0.4 is 20.1 Å². The number of fused-ring (bicyclic) bond motifs is 1. The Morgan fingerprint density at radius 2 is 2.17 bits per heavy atom. The molecule has 1 aromatic heterocycles. The molecule has 3 rings (SSSR count). The molecule has 0 saturated carbocycles. The Bertz CT molecular complexity index is 701. The minimum atomic E-state index is -0.0501. The predicted molar refractivity (Wildman–Crippen MR) is 96.0 cm³/mol. The van der Waals surface area contributed by atoms with Crippen molar-refractivity contribution in [1.82, 2.24) is 15.6 Å². The van der Waals surface area contributed by atoms with E-state index in [1.807, 2.05) is 44.3 Å². The van der Waals surface area contributed by atoms with Crippen LogP contribution in [0.25, 0.3) is 0 Å². The molecule has 6 nitrogen and oxygen atoms in total. The zero-order valence-corrected chi connectivity index (χ0v) is 14.7. The molecule has 1 aromatic carbocycles. The molecule has 0 saturated heterocycles. The van der Waals surface area contributed by atoms with Crippen molar-refractivity contribution >= 4 is 17.3 Å². The van der Waals surface area contributed by atoms with E-state index in [0.29, 0.717) is 19.7 Å². The summed E-state index contributed by atoms with van der Waals surface area (Å²) in [4.78, 5) is 10.1. The van der Waals surface area contributed by atoms with Crippen molar-refractivity contribution in [3.05, 3.63) is 40.3 Å². The highest BCUT2D eigenvalue weighted by molar-refractivity contribution is 7.11. The minimum Gasteiger partial charge on any atom is -0.486 e. The molecular formula is C17H22N4O2S. The number of hydrogen-bond acceptors (Lipinski definition) is 5. The summed E-state index contributed by atoms with van der Waals surface area (Å²) in [5.41, 5.74) is 0. The quantitative estimate of drug-likeness (QED) is 0.642. The van der Waals surface area contributed by atoms with Crippen LogP contribution in [0.4, 0.5) is 0 Å². The number of rotatable bonds is 5. The van der Waals surface area contributed by atoms with Gasteiger partial charge >= 0.3 is 0 Å². The lowest BCUT2D eigenvalue weighted by Gasteiger charge is -2.27. The van der Waals surface area contributed by atoms with Crippen molar-refractivity contribution in [2.45, 2.75) is 26.5 Å². The summed E-state index contributed by atoms with van der Waals surface area (Å²) in [6, 6.07) is 7.72. The average molecular weight is 346 g/mol. The van der Waals surface area contributed by atoms with E-state index < -0.39 is 0 Å². The molecule has 24 heavy (non-hydrogen) atoms. The number of ether oxygens (including phenoxy) is 2. The Kier molecular flexibility index (Phi) is 5.53. The zero-order chi connectivity index (χ0) is 16.8. The highest BCUT2D eigenvalue weighted by Crippen LogP contribution is 2.30. The molecule has 1 aliphatic rings. The van der Waals surface area contributed by atoms with Crippen molar-refractivity contribution in [3.63, 3.8) is 0 Å². The van der Waals surface area contributed by atoms with Crippen LogP contribution in [-0.2, 0) is 6.54 Å². The van der Waals surface area contributed by atoms with Gasteiger partial charge in [-0.2, -0.15) is 0 Å². The van der Waals surface area contributed by atoms with Gasteiger partial charge in [-0.3, -0.25) is 0 Å². The molecule has 1 atom stereocenters. The van der Waals surface area contributed by atoms with E-state index in [-0.39, 0.29) is 6.10 Å². The van der Waals surface area contributed by atoms with Gasteiger partial charge in [-0.25, -0.2) is 9.98 Å². The second-order valence-corrected chi connectivity index (χ2v) is 6.76. The van der Waals surface area contributed by atoms with E-state index in [2.05, 4.69) is 20.6 Å². The number of guanidine groups is 1. The first-order chi connectivity index (χ1) is 11.7. The number of aromatic nitrogens is 1. The Hall–Kier alpha value is -2.28. The van der Waals surface area contributed by atoms with Gasteiger partial charge < -0.3 is 20.1 Å². The number of nitrogens with zero attached hydrogens (tertiary/aromatic N) is 2. The minimum absolute atomic E-state index is 0.0501. The molecule has 128 valence electrons. The highest BCUT2D eigenvalue weighted by Gasteiger charge is 2.20. The smallest absolute Gasteiger partial charge is 0.191 e. The molecule has 2 aromatic rings. The van der Waals surface area contributed by atoms with Crippen LogP contribution in [-0.4, -0.2) is 36.7 Å². The van der Waals surface area contributed by atoms with Gasteiger partial charge in [0, 0.05) is 17.6 Å². The first-order valence-corrected chi connectivity index (χ1v) is 8.88. The van der Waals surface area contributed by atoms with Gasteiger partial charge in [0.15, 0.2) is 17.5 Å². The van der Waals surface area contributed by atoms with Crippen molar-refractivity contribution in [2.75, 3.05) is 19.7 Å². The lowest BCUT2D eigenvalue weighted by atomic mass is 10.2. The number of benzene rings is 1. The topological polar surface area (TPSA) is 67.8 Å². The van der Waals surface area contributed by atoms with Gasteiger partial charge in [-0.15, -0.1) is 11.3 Å². The van der Waals surface area contributed by atoms with E-state index in [4.69, 9.17) is 9.47 Å². The number of hydrogen-bond donors (Lipinski definition) is 2. The largest absolute Gasteiger partial charge is 0.486 e. The molecule has 1 unspecified atom stereocenters. The summed E-state index contributed by atoms with van der Waals surface area (Å²) in [6.07, 6.45) is 1.83. The van der Waals surface area contributed by atoms with E-state index >= 15 is 0 Å². The zero-order valence-electron chi connectivity index (χ0n) is 13.9. The third-order valence-electron chi connectivity index (χ3n) is 3.45. The first kappa shape index (κ1) is 16.6. The Morgan fingerprint density at radius 1 is 1.33 bits per heavy atom. The third-order valence-corrected chi connectivity index (χ3v) is 4.35. The maximum atomic E-state index is 5.95. The Labute approximate surface area is 145 Å². The second-order valence-electron chi connectivity index (χ2n) is 5.44. The fraction of sp³-hybridized carbons (Fsp3) is 0.412. The fourth-order valence-corrected chi connectivity index (χ4v) is 3.05. The molecule has 0 aliphatic carbocycles. The predicted octanol–water partition coefficient (Wildman–Crippen LogP) is 2.35. The molecule has 0 amide bonds. The number of aliphatic imine (C=N–C) groups is 1. The van der Waals surface area contributed by atoms with E-state index in [1.54, 1.807) is 11.3 Å². The van der Waals surface area contributed by atoms with Gasteiger partial charge in [0.25, 0.3) is 0 Å². The van der Waals surface area contributed by atoms with Gasteiger partial charge in [0.05, 0.1) is 13.1 Å². The lowest BCUT2D eigenvalue weighted by molar-refractivity contribution is 0.0936. The molecular weight excluding hydrogens is 324 g/mol. The van der Waals surface area contributed by atoms with Gasteiger partial charge in [-0.1, -0.05) is 12.1 Å². The van der Waals surface area contributed by atoms with Crippen molar-refractivity contribution in [1.29, 1.82) is 0 Å². The Morgan fingerprint density at radius 3 is 2.92 bits per heavy atom. The van der Waals surface area contributed by atoms with Gasteiger partial charge in [-0.05, 0) is 26.0 Å². The average Bonchev–Trinajstić information content (AvgIpc) is 3.02. The van der Waals surface area contributed by atoms with Gasteiger partial charge in [0.1, 0.15) is 17.7 Å². The molecule has 0 fully saturated rings. The van der Waals surface area contributed by atoms with Crippen LogP contribution in [0.3, 0.4) is 0 Å². The van der Waals surface area contributed by atoms with Crippen LogP contribution in [0.2, 0.25) is 0 Å². The Balaban J connectivity index is 1.54. The summed E-state index contributed by atoms with van der Waals surface area (Å²) in [5, 5.41) is 7.56. The second kappa shape index (κ2) is 8.01. The van der Waals surface area contributed by atoms with Crippen LogP contribution >= 0.6 is 11.3 Å².